The van der Waals surface area contributed by atoms with Crippen molar-refractivity contribution in [2.24, 2.45) is 5.92 Å². The number of likely N-dealkylation sites (tertiary alicyclic amines) is 1. The number of piperidine rings is 1. The summed E-state index contributed by atoms with van der Waals surface area (Å²) in [6.45, 7) is 2.35. The van der Waals surface area contributed by atoms with Crippen LogP contribution >= 0.6 is 0 Å². The molecule has 6 nitrogen and oxygen atoms in total. The molecule has 2 heterocycles. The number of benzene rings is 1. The number of rotatable bonds is 6. The Balaban J connectivity index is 1.23. The number of carbonyl (C=O) groups is 2. The SMILES string of the molecule is COc1ccc(CCC2CCN(CN3C(=O)NC4(CCCC4)C3=O)CC2)cc1. The number of urea groups is 1. The van der Waals surface area contributed by atoms with E-state index in [1.165, 1.54) is 16.9 Å². The molecule has 1 aromatic carbocycles. The van der Waals surface area contributed by atoms with Crippen molar-refractivity contribution >= 4 is 11.9 Å². The lowest BCUT2D eigenvalue weighted by atomic mass is 9.90. The molecular weight excluding hydrogens is 354 g/mol. The molecule has 1 aromatic rings. The van der Waals surface area contributed by atoms with E-state index in [2.05, 4.69) is 22.3 Å². The van der Waals surface area contributed by atoms with Gasteiger partial charge in [-0.15, -0.1) is 0 Å². The summed E-state index contributed by atoms with van der Waals surface area (Å²) in [6.07, 6.45) is 8.18. The van der Waals surface area contributed by atoms with Crippen LogP contribution in [0.3, 0.4) is 0 Å². The van der Waals surface area contributed by atoms with Crippen molar-refractivity contribution in [1.82, 2.24) is 15.1 Å². The van der Waals surface area contributed by atoms with E-state index in [1.807, 2.05) is 12.1 Å². The Bertz CT molecular complexity index is 704. The number of amides is 3. The zero-order chi connectivity index (χ0) is 19.6. The lowest BCUT2D eigenvalue weighted by Gasteiger charge is -2.34. The molecule has 1 aliphatic carbocycles. The van der Waals surface area contributed by atoms with Crippen molar-refractivity contribution in [2.75, 3.05) is 26.9 Å². The standard InChI is InChI=1S/C22H31N3O3/c1-28-19-8-6-17(7-9-19)4-5-18-10-14-24(15-11-18)16-25-20(26)22(23-21(25)27)12-2-3-13-22/h6-9,18H,2-5,10-16H2,1H3,(H,23,27). The van der Waals surface area contributed by atoms with Crippen molar-refractivity contribution in [1.29, 1.82) is 0 Å². The van der Waals surface area contributed by atoms with Gasteiger partial charge < -0.3 is 10.1 Å². The summed E-state index contributed by atoms with van der Waals surface area (Å²) in [7, 11) is 1.69. The van der Waals surface area contributed by atoms with Gasteiger partial charge in [0.1, 0.15) is 11.3 Å². The maximum Gasteiger partial charge on any atom is 0.326 e. The van der Waals surface area contributed by atoms with Crippen LogP contribution < -0.4 is 10.1 Å². The highest BCUT2D eigenvalue weighted by atomic mass is 16.5. The third-order valence-corrected chi connectivity index (χ3v) is 6.75. The summed E-state index contributed by atoms with van der Waals surface area (Å²) in [5.41, 5.74) is 0.762. The van der Waals surface area contributed by atoms with Gasteiger partial charge in [-0.25, -0.2) is 9.69 Å². The zero-order valence-corrected chi connectivity index (χ0v) is 16.8. The van der Waals surface area contributed by atoms with Crippen LogP contribution in [0.5, 0.6) is 5.75 Å². The summed E-state index contributed by atoms with van der Waals surface area (Å²) >= 11 is 0. The number of nitrogens with zero attached hydrogens (tertiary/aromatic N) is 2. The molecule has 0 bridgehead atoms. The molecule has 0 aromatic heterocycles. The summed E-state index contributed by atoms with van der Waals surface area (Å²) < 4.78 is 5.21. The third kappa shape index (κ3) is 3.88. The quantitative estimate of drug-likeness (QED) is 0.764. The molecular formula is C22H31N3O3. The lowest BCUT2D eigenvalue weighted by Crippen LogP contribution is -2.47. The van der Waals surface area contributed by atoms with Gasteiger partial charge in [0.25, 0.3) is 5.91 Å². The van der Waals surface area contributed by atoms with Crippen LogP contribution in [0.1, 0.15) is 50.5 Å². The fourth-order valence-corrected chi connectivity index (χ4v) is 4.90. The summed E-state index contributed by atoms with van der Waals surface area (Å²) in [4.78, 5) is 28.8. The molecule has 6 heteroatoms. The first-order chi connectivity index (χ1) is 13.6. The zero-order valence-electron chi connectivity index (χ0n) is 16.8. The van der Waals surface area contributed by atoms with E-state index < -0.39 is 5.54 Å². The van der Waals surface area contributed by atoms with Crippen molar-refractivity contribution in [2.45, 2.75) is 56.9 Å². The second-order valence-electron chi connectivity index (χ2n) is 8.54. The van der Waals surface area contributed by atoms with E-state index in [0.29, 0.717) is 12.6 Å². The number of nitrogens with one attached hydrogen (secondary N) is 1. The van der Waals surface area contributed by atoms with Crippen LogP contribution in [0.4, 0.5) is 4.79 Å². The molecule has 0 unspecified atom stereocenters. The minimum Gasteiger partial charge on any atom is -0.497 e. The van der Waals surface area contributed by atoms with E-state index in [0.717, 1.165) is 63.8 Å². The van der Waals surface area contributed by atoms with E-state index in [9.17, 15) is 9.59 Å². The molecule has 2 saturated heterocycles. The molecule has 0 atom stereocenters. The summed E-state index contributed by atoms with van der Waals surface area (Å²) in [5, 5.41) is 2.98. The van der Waals surface area contributed by atoms with E-state index in [-0.39, 0.29) is 11.9 Å². The van der Waals surface area contributed by atoms with Crippen LogP contribution in [-0.4, -0.2) is 54.1 Å². The molecule has 3 aliphatic rings. The highest BCUT2D eigenvalue weighted by Crippen LogP contribution is 2.35. The Morgan fingerprint density at radius 2 is 1.79 bits per heavy atom. The maximum atomic E-state index is 12.8. The van der Waals surface area contributed by atoms with E-state index in [1.54, 1.807) is 7.11 Å². The second-order valence-corrected chi connectivity index (χ2v) is 8.54. The molecule has 1 spiro atoms. The predicted octanol–water partition coefficient (Wildman–Crippen LogP) is 3.16. The summed E-state index contributed by atoms with van der Waals surface area (Å²) in [5.74, 6) is 1.61. The molecule has 4 rings (SSSR count). The van der Waals surface area contributed by atoms with Gasteiger partial charge in [0.15, 0.2) is 0 Å². The number of hydrogen-bond acceptors (Lipinski definition) is 4. The molecule has 3 fully saturated rings. The predicted molar refractivity (Wildman–Crippen MR) is 107 cm³/mol. The third-order valence-electron chi connectivity index (χ3n) is 6.75. The molecule has 2 aliphatic heterocycles. The number of ether oxygens (including phenoxy) is 1. The first-order valence-electron chi connectivity index (χ1n) is 10.6. The number of carbonyl (C=O) groups excluding carboxylic acids is 2. The first kappa shape index (κ1) is 19.2. The molecule has 3 amide bonds. The van der Waals surface area contributed by atoms with Gasteiger partial charge >= 0.3 is 6.03 Å². The molecule has 28 heavy (non-hydrogen) atoms. The van der Waals surface area contributed by atoms with Crippen LogP contribution in [0, 0.1) is 5.92 Å². The lowest BCUT2D eigenvalue weighted by molar-refractivity contribution is -0.132. The van der Waals surface area contributed by atoms with Gasteiger partial charge in [0, 0.05) is 13.1 Å². The van der Waals surface area contributed by atoms with Crippen LogP contribution in [0.15, 0.2) is 24.3 Å². The number of aryl methyl sites for hydroxylation is 1. The first-order valence-corrected chi connectivity index (χ1v) is 10.6. The van der Waals surface area contributed by atoms with Crippen molar-refractivity contribution < 1.29 is 14.3 Å². The fraction of sp³-hybridized carbons (Fsp3) is 0.636. The molecule has 152 valence electrons. The highest BCUT2D eigenvalue weighted by Gasteiger charge is 2.52. The van der Waals surface area contributed by atoms with Crippen LogP contribution in [0.2, 0.25) is 0 Å². The minimum atomic E-state index is -0.590. The maximum absolute atomic E-state index is 12.8. The van der Waals surface area contributed by atoms with Crippen LogP contribution in [0.25, 0.3) is 0 Å². The normalized spacial score (nSPS) is 22.8. The van der Waals surface area contributed by atoms with Gasteiger partial charge in [-0.1, -0.05) is 25.0 Å². The Kier molecular flexibility index (Phi) is 5.58. The van der Waals surface area contributed by atoms with Gasteiger partial charge in [0.2, 0.25) is 0 Å². The van der Waals surface area contributed by atoms with Crippen molar-refractivity contribution in [3.63, 3.8) is 0 Å². The Morgan fingerprint density at radius 3 is 2.43 bits per heavy atom. The highest BCUT2D eigenvalue weighted by molar-refractivity contribution is 6.07. The van der Waals surface area contributed by atoms with Gasteiger partial charge in [0.05, 0.1) is 13.8 Å². The number of hydrogen-bond donors (Lipinski definition) is 1. The Morgan fingerprint density at radius 1 is 1.11 bits per heavy atom. The Hall–Kier alpha value is -2.08. The van der Waals surface area contributed by atoms with E-state index >= 15 is 0 Å². The second kappa shape index (κ2) is 8.11. The fourth-order valence-electron chi connectivity index (χ4n) is 4.90. The Labute approximate surface area is 167 Å². The number of imide groups is 1. The minimum absolute atomic E-state index is 0.00312. The van der Waals surface area contributed by atoms with Crippen molar-refractivity contribution in [3.8, 4) is 5.75 Å². The monoisotopic (exact) mass is 385 g/mol. The van der Waals surface area contributed by atoms with Gasteiger partial charge in [-0.3, -0.25) is 9.69 Å². The van der Waals surface area contributed by atoms with Gasteiger partial charge in [-0.2, -0.15) is 0 Å². The smallest absolute Gasteiger partial charge is 0.326 e. The molecule has 1 N–H and O–H groups in total. The average molecular weight is 386 g/mol. The number of methoxy groups -OCH3 is 1. The topological polar surface area (TPSA) is 61.9 Å². The van der Waals surface area contributed by atoms with Gasteiger partial charge in [-0.05, 0) is 62.1 Å². The van der Waals surface area contributed by atoms with Crippen LogP contribution in [-0.2, 0) is 11.2 Å². The average Bonchev–Trinajstić information content (AvgIpc) is 3.28. The van der Waals surface area contributed by atoms with E-state index in [4.69, 9.17) is 4.74 Å². The molecule has 1 saturated carbocycles. The molecule has 0 radical (unpaired) electrons. The van der Waals surface area contributed by atoms with Crippen molar-refractivity contribution in [3.05, 3.63) is 29.8 Å². The summed E-state index contributed by atoms with van der Waals surface area (Å²) in [6, 6.07) is 8.13. The largest absolute Gasteiger partial charge is 0.497 e.